The van der Waals surface area contributed by atoms with E-state index in [9.17, 15) is 0 Å². The fourth-order valence-corrected chi connectivity index (χ4v) is 2.15. The Bertz CT molecular complexity index is 519. The van der Waals surface area contributed by atoms with Crippen LogP contribution in [0.25, 0.3) is 0 Å². The van der Waals surface area contributed by atoms with Crippen molar-refractivity contribution in [3.05, 3.63) is 36.5 Å². The minimum Gasteiger partial charge on any atom is -0.373 e. The minimum absolute atomic E-state index is 0.861. The predicted molar refractivity (Wildman–Crippen MR) is 67.1 cm³/mol. The molecule has 5 heteroatoms. The van der Waals surface area contributed by atoms with Gasteiger partial charge in [-0.25, -0.2) is 9.97 Å². The second-order valence-electron chi connectivity index (χ2n) is 4.11. The predicted octanol–water partition coefficient (Wildman–Crippen LogP) is 1.34. The number of rotatable bonds is 2. The number of fused-ring (bicyclic) bond motifs is 1. The largest absolute Gasteiger partial charge is 0.373 e. The van der Waals surface area contributed by atoms with Gasteiger partial charge in [-0.3, -0.25) is 0 Å². The molecule has 88 valence electrons. The van der Waals surface area contributed by atoms with Crippen molar-refractivity contribution in [1.29, 1.82) is 0 Å². The maximum absolute atomic E-state index is 4.37. The van der Waals surface area contributed by atoms with E-state index >= 15 is 0 Å². The zero-order valence-electron chi connectivity index (χ0n) is 9.80. The molecule has 3 rings (SSSR count). The summed E-state index contributed by atoms with van der Waals surface area (Å²) in [4.78, 5) is 10.9. The van der Waals surface area contributed by atoms with E-state index in [1.54, 1.807) is 0 Å². The standard InChI is InChI=1S/C12H15N5/c1-13-11-8-10(2-3-14-11)17-7-6-16-5-4-15-12(16)9-17/h2-5,8H,6-7,9H2,1H3,(H,13,14). The molecule has 1 aliphatic rings. The maximum Gasteiger partial charge on any atom is 0.128 e. The van der Waals surface area contributed by atoms with Crippen LogP contribution in [-0.4, -0.2) is 28.1 Å². The third kappa shape index (κ3) is 1.84. The van der Waals surface area contributed by atoms with Gasteiger partial charge in [-0.1, -0.05) is 0 Å². The number of imidazole rings is 1. The molecule has 0 amide bonds. The van der Waals surface area contributed by atoms with Crippen LogP contribution in [0.1, 0.15) is 5.82 Å². The van der Waals surface area contributed by atoms with E-state index in [0.717, 1.165) is 31.3 Å². The summed E-state index contributed by atoms with van der Waals surface area (Å²) in [5.41, 5.74) is 1.19. The van der Waals surface area contributed by atoms with Gasteiger partial charge in [0.05, 0.1) is 6.54 Å². The number of hydrogen-bond donors (Lipinski definition) is 1. The molecule has 17 heavy (non-hydrogen) atoms. The number of nitrogens with zero attached hydrogens (tertiary/aromatic N) is 4. The number of nitrogens with one attached hydrogen (secondary N) is 1. The number of anilines is 2. The highest BCUT2D eigenvalue weighted by Gasteiger charge is 2.16. The zero-order chi connectivity index (χ0) is 11.7. The molecule has 2 aromatic rings. The number of pyridine rings is 1. The van der Waals surface area contributed by atoms with Crippen LogP contribution in [0, 0.1) is 0 Å². The Kier molecular flexibility index (Phi) is 2.44. The Morgan fingerprint density at radius 2 is 2.18 bits per heavy atom. The molecular weight excluding hydrogens is 214 g/mol. The normalized spacial score (nSPS) is 14.5. The van der Waals surface area contributed by atoms with E-state index < -0.39 is 0 Å². The molecule has 0 unspecified atom stereocenters. The lowest BCUT2D eigenvalue weighted by molar-refractivity contribution is 0.560. The molecule has 0 aromatic carbocycles. The molecule has 0 saturated heterocycles. The van der Waals surface area contributed by atoms with Gasteiger partial charge in [0.15, 0.2) is 0 Å². The average molecular weight is 229 g/mol. The smallest absolute Gasteiger partial charge is 0.128 e. The summed E-state index contributed by atoms with van der Waals surface area (Å²) in [6.45, 7) is 2.86. The van der Waals surface area contributed by atoms with Crippen molar-refractivity contribution in [3.63, 3.8) is 0 Å². The Labute approximate surface area is 100 Å². The monoisotopic (exact) mass is 229 g/mol. The van der Waals surface area contributed by atoms with Crippen LogP contribution in [0.2, 0.25) is 0 Å². The fraction of sp³-hybridized carbons (Fsp3) is 0.333. The summed E-state index contributed by atoms with van der Waals surface area (Å²) in [7, 11) is 1.88. The van der Waals surface area contributed by atoms with E-state index in [-0.39, 0.29) is 0 Å². The topological polar surface area (TPSA) is 46.0 Å². The Balaban J connectivity index is 1.86. The highest BCUT2D eigenvalue weighted by molar-refractivity contribution is 5.53. The molecule has 0 spiro atoms. The lowest BCUT2D eigenvalue weighted by Gasteiger charge is -2.29. The molecule has 0 aliphatic carbocycles. The molecule has 5 nitrogen and oxygen atoms in total. The molecule has 0 atom stereocenters. The van der Waals surface area contributed by atoms with Crippen molar-refractivity contribution in [2.75, 3.05) is 23.8 Å². The first kappa shape index (κ1) is 10.1. The van der Waals surface area contributed by atoms with Gasteiger partial charge in [0.25, 0.3) is 0 Å². The van der Waals surface area contributed by atoms with Crippen LogP contribution in [-0.2, 0) is 13.1 Å². The van der Waals surface area contributed by atoms with Gasteiger partial charge in [-0.05, 0) is 6.07 Å². The van der Waals surface area contributed by atoms with Gasteiger partial charge in [-0.2, -0.15) is 0 Å². The van der Waals surface area contributed by atoms with Gasteiger partial charge < -0.3 is 14.8 Å². The summed E-state index contributed by atoms with van der Waals surface area (Å²) in [5.74, 6) is 2.02. The van der Waals surface area contributed by atoms with Crippen molar-refractivity contribution in [2.24, 2.45) is 0 Å². The molecule has 0 saturated carbocycles. The quantitative estimate of drug-likeness (QED) is 0.844. The summed E-state index contributed by atoms with van der Waals surface area (Å²) in [6.07, 6.45) is 5.74. The maximum atomic E-state index is 4.37. The third-order valence-corrected chi connectivity index (χ3v) is 3.11. The van der Waals surface area contributed by atoms with Crippen molar-refractivity contribution in [2.45, 2.75) is 13.1 Å². The average Bonchev–Trinajstić information content (AvgIpc) is 2.86. The van der Waals surface area contributed by atoms with Crippen LogP contribution in [0.15, 0.2) is 30.7 Å². The second kappa shape index (κ2) is 4.08. The van der Waals surface area contributed by atoms with E-state index in [2.05, 4.69) is 30.8 Å². The Morgan fingerprint density at radius 1 is 1.24 bits per heavy atom. The van der Waals surface area contributed by atoms with E-state index in [0.29, 0.717) is 0 Å². The first-order chi connectivity index (χ1) is 8.36. The minimum atomic E-state index is 0.861. The van der Waals surface area contributed by atoms with Gasteiger partial charge in [0, 0.05) is 50.5 Å². The lowest BCUT2D eigenvalue weighted by Crippen LogP contribution is -2.33. The first-order valence-electron chi connectivity index (χ1n) is 5.75. The summed E-state index contributed by atoms with van der Waals surface area (Å²) in [5, 5.41) is 3.06. The van der Waals surface area contributed by atoms with Crippen molar-refractivity contribution >= 4 is 11.5 Å². The van der Waals surface area contributed by atoms with Gasteiger partial charge >= 0.3 is 0 Å². The summed E-state index contributed by atoms with van der Waals surface area (Å²) < 4.78 is 2.21. The van der Waals surface area contributed by atoms with Crippen LogP contribution < -0.4 is 10.2 Å². The lowest BCUT2D eigenvalue weighted by atomic mass is 10.3. The molecule has 3 heterocycles. The fourth-order valence-electron chi connectivity index (χ4n) is 2.15. The third-order valence-electron chi connectivity index (χ3n) is 3.11. The summed E-state index contributed by atoms with van der Waals surface area (Å²) in [6, 6.07) is 4.11. The summed E-state index contributed by atoms with van der Waals surface area (Å²) >= 11 is 0. The van der Waals surface area contributed by atoms with Crippen LogP contribution in [0.5, 0.6) is 0 Å². The molecule has 0 bridgehead atoms. The van der Waals surface area contributed by atoms with Crippen molar-refractivity contribution in [1.82, 2.24) is 14.5 Å². The molecule has 0 radical (unpaired) electrons. The van der Waals surface area contributed by atoms with Crippen LogP contribution in [0.4, 0.5) is 11.5 Å². The van der Waals surface area contributed by atoms with Gasteiger partial charge in [0.1, 0.15) is 11.6 Å². The van der Waals surface area contributed by atoms with E-state index in [1.165, 1.54) is 5.69 Å². The van der Waals surface area contributed by atoms with E-state index in [1.807, 2.05) is 31.7 Å². The molecular formula is C12H15N5. The van der Waals surface area contributed by atoms with E-state index in [4.69, 9.17) is 0 Å². The van der Waals surface area contributed by atoms with Gasteiger partial charge in [0.2, 0.25) is 0 Å². The molecule has 1 N–H and O–H groups in total. The Hall–Kier alpha value is -2.04. The number of aromatic nitrogens is 3. The molecule has 2 aromatic heterocycles. The van der Waals surface area contributed by atoms with Gasteiger partial charge in [-0.15, -0.1) is 0 Å². The highest BCUT2D eigenvalue weighted by Crippen LogP contribution is 2.21. The highest BCUT2D eigenvalue weighted by atomic mass is 15.2. The second-order valence-corrected chi connectivity index (χ2v) is 4.11. The molecule has 1 aliphatic heterocycles. The Morgan fingerprint density at radius 3 is 3.06 bits per heavy atom. The van der Waals surface area contributed by atoms with Crippen LogP contribution in [0.3, 0.4) is 0 Å². The number of hydrogen-bond acceptors (Lipinski definition) is 4. The first-order valence-corrected chi connectivity index (χ1v) is 5.75. The van der Waals surface area contributed by atoms with Crippen LogP contribution >= 0.6 is 0 Å². The molecule has 0 fully saturated rings. The zero-order valence-corrected chi connectivity index (χ0v) is 9.80. The SMILES string of the molecule is CNc1cc(N2CCn3ccnc3C2)ccn1. The van der Waals surface area contributed by atoms with Crippen molar-refractivity contribution in [3.8, 4) is 0 Å². The van der Waals surface area contributed by atoms with Crippen molar-refractivity contribution < 1.29 is 0 Å².